The van der Waals surface area contributed by atoms with Crippen molar-refractivity contribution >= 4 is 28.2 Å². The first-order chi connectivity index (χ1) is 11.2. The minimum atomic E-state index is -3.48. The van der Waals surface area contributed by atoms with Crippen molar-refractivity contribution in [3.63, 3.8) is 0 Å². The van der Waals surface area contributed by atoms with Crippen molar-refractivity contribution < 1.29 is 13.2 Å². The highest BCUT2D eigenvalue weighted by atomic mass is 35.5. The Bertz CT molecular complexity index is 681. The maximum Gasteiger partial charge on any atom is 0.242 e. The van der Waals surface area contributed by atoms with Gasteiger partial charge in [0.25, 0.3) is 0 Å². The summed E-state index contributed by atoms with van der Waals surface area (Å²) in [5.41, 5.74) is 2.22. The van der Waals surface area contributed by atoms with E-state index in [1.54, 1.807) is 0 Å². The summed E-state index contributed by atoms with van der Waals surface area (Å²) in [6.07, 6.45) is 1.80. The zero-order valence-corrected chi connectivity index (χ0v) is 17.0. The molecule has 1 aromatic rings. The summed E-state index contributed by atoms with van der Waals surface area (Å²) in [7, 11) is -3.48. The van der Waals surface area contributed by atoms with E-state index in [-0.39, 0.29) is 24.4 Å². The third kappa shape index (κ3) is 4.74. The Hall–Kier alpha value is -1.11. The van der Waals surface area contributed by atoms with Crippen LogP contribution in [0.25, 0.3) is 0 Å². The highest BCUT2D eigenvalue weighted by Crippen LogP contribution is 2.29. The fraction of sp³-hybridized carbons (Fsp3) is 0.611. The van der Waals surface area contributed by atoms with E-state index in [1.165, 1.54) is 11.8 Å². The van der Waals surface area contributed by atoms with Crippen LogP contribution in [0.15, 0.2) is 24.3 Å². The van der Waals surface area contributed by atoms with Gasteiger partial charge in [-0.15, -0.1) is 12.4 Å². The van der Waals surface area contributed by atoms with Gasteiger partial charge < -0.3 is 10.6 Å². The molecule has 5 nitrogen and oxygen atoms in total. The van der Waals surface area contributed by atoms with Crippen LogP contribution in [0, 0.1) is 0 Å². The van der Waals surface area contributed by atoms with Crippen molar-refractivity contribution in [1.82, 2.24) is 10.6 Å². The van der Waals surface area contributed by atoms with Gasteiger partial charge in [0, 0.05) is 6.26 Å². The molecule has 0 aromatic heterocycles. The first kappa shape index (κ1) is 21.9. The van der Waals surface area contributed by atoms with Crippen LogP contribution in [0.4, 0.5) is 0 Å². The quantitative estimate of drug-likeness (QED) is 0.812. The third-order valence-electron chi connectivity index (χ3n) is 4.99. The van der Waals surface area contributed by atoms with Gasteiger partial charge in [-0.2, -0.15) is 0 Å². The molecule has 1 aromatic carbocycles. The van der Waals surface area contributed by atoms with E-state index in [1.807, 2.05) is 19.1 Å². The number of nitrogens with one attached hydrogen (secondary N) is 2. The molecule has 25 heavy (non-hydrogen) atoms. The first-order valence-corrected chi connectivity index (χ1v) is 10.4. The van der Waals surface area contributed by atoms with E-state index >= 15 is 0 Å². The van der Waals surface area contributed by atoms with Crippen LogP contribution < -0.4 is 10.6 Å². The fourth-order valence-corrected chi connectivity index (χ4v) is 4.52. The number of hydrogen-bond acceptors (Lipinski definition) is 4. The molecule has 2 rings (SSSR count). The molecule has 7 heteroatoms. The molecular weight excluding hydrogens is 360 g/mol. The molecule has 0 spiro atoms. The summed E-state index contributed by atoms with van der Waals surface area (Å²) in [5, 5.41) is 6.04. The van der Waals surface area contributed by atoms with E-state index in [2.05, 4.69) is 36.6 Å². The largest absolute Gasteiger partial charge is 0.348 e. The normalized spacial score (nSPS) is 18.3. The highest BCUT2D eigenvalue weighted by molar-refractivity contribution is 7.92. The molecule has 0 radical (unpaired) electrons. The lowest BCUT2D eigenvalue weighted by atomic mass is 9.94. The minimum absolute atomic E-state index is 0. The second-order valence-electron chi connectivity index (χ2n) is 7.03. The standard InChI is InChI=1S/C18H28N2O3S.ClH/c1-13(2)15-5-7-16(8-6-15)14(3)20-17(21)18(24(4,22)23)9-11-19-12-10-18;/h5-8,13-14,19H,9-12H2,1-4H3,(H,20,21);1H. The molecule has 1 fully saturated rings. The van der Waals surface area contributed by atoms with E-state index in [4.69, 9.17) is 0 Å². The maximum atomic E-state index is 12.8. The van der Waals surface area contributed by atoms with Gasteiger partial charge in [-0.05, 0) is 49.9 Å². The number of hydrogen-bond donors (Lipinski definition) is 2. The lowest BCUT2D eigenvalue weighted by molar-refractivity contribution is -0.125. The van der Waals surface area contributed by atoms with Crippen molar-refractivity contribution in [3.05, 3.63) is 35.4 Å². The van der Waals surface area contributed by atoms with Gasteiger partial charge in [0.05, 0.1) is 6.04 Å². The Labute approximate surface area is 157 Å². The zero-order chi connectivity index (χ0) is 18.0. The second kappa shape index (κ2) is 8.52. The molecule has 1 aliphatic heterocycles. The molecule has 1 heterocycles. The van der Waals surface area contributed by atoms with Gasteiger partial charge in [-0.3, -0.25) is 4.79 Å². The molecule has 0 bridgehead atoms. The number of halogens is 1. The van der Waals surface area contributed by atoms with Crippen LogP contribution >= 0.6 is 12.4 Å². The van der Waals surface area contributed by atoms with E-state index in [0.29, 0.717) is 31.8 Å². The highest BCUT2D eigenvalue weighted by Gasteiger charge is 2.48. The Kier molecular flexibility index (Phi) is 7.47. The van der Waals surface area contributed by atoms with Crippen molar-refractivity contribution in [1.29, 1.82) is 0 Å². The average molecular weight is 389 g/mol. The van der Waals surface area contributed by atoms with Gasteiger partial charge in [0.2, 0.25) is 5.91 Å². The van der Waals surface area contributed by atoms with E-state index < -0.39 is 14.6 Å². The predicted octanol–water partition coefficient (Wildman–Crippen LogP) is 2.58. The van der Waals surface area contributed by atoms with Crippen molar-refractivity contribution in [2.45, 2.75) is 50.3 Å². The second-order valence-corrected chi connectivity index (χ2v) is 9.36. The van der Waals surface area contributed by atoms with Crippen LogP contribution in [0.3, 0.4) is 0 Å². The van der Waals surface area contributed by atoms with Crippen LogP contribution in [-0.2, 0) is 14.6 Å². The lowest BCUT2D eigenvalue weighted by Gasteiger charge is -2.35. The molecule has 1 atom stereocenters. The summed E-state index contributed by atoms with van der Waals surface area (Å²) in [6, 6.07) is 7.87. The van der Waals surface area contributed by atoms with Crippen molar-refractivity contribution in [3.8, 4) is 0 Å². The third-order valence-corrected chi connectivity index (χ3v) is 7.00. The molecule has 1 amide bonds. The number of amides is 1. The molecule has 0 aliphatic carbocycles. The molecule has 1 aliphatic rings. The lowest BCUT2D eigenvalue weighted by Crippen LogP contribution is -2.57. The smallest absolute Gasteiger partial charge is 0.242 e. The minimum Gasteiger partial charge on any atom is -0.348 e. The van der Waals surface area contributed by atoms with E-state index in [9.17, 15) is 13.2 Å². The van der Waals surface area contributed by atoms with Crippen LogP contribution in [-0.4, -0.2) is 38.4 Å². The number of piperidine rings is 1. The topological polar surface area (TPSA) is 75.3 Å². The molecular formula is C18H29ClN2O3S. The Morgan fingerprint density at radius 2 is 1.56 bits per heavy atom. The zero-order valence-electron chi connectivity index (χ0n) is 15.3. The Morgan fingerprint density at radius 1 is 1.08 bits per heavy atom. The number of carbonyl (C=O) groups excluding carboxylic acids is 1. The molecule has 2 N–H and O–H groups in total. The first-order valence-electron chi connectivity index (χ1n) is 8.48. The Balaban J connectivity index is 0.00000312. The molecule has 0 saturated carbocycles. The summed E-state index contributed by atoms with van der Waals surface area (Å²) in [4.78, 5) is 12.8. The van der Waals surface area contributed by atoms with Crippen LogP contribution in [0.5, 0.6) is 0 Å². The fourth-order valence-electron chi connectivity index (χ4n) is 3.18. The summed E-state index contributed by atoms with van der Waals surface area (Å²) >= 11 is 0. The SMILES string of the molecule is CC(C)c1ccc(C(C)NC(=O)C2(S(C)(=O)=O)CCNCC2)cc1.Cl. The molecule has 1 saturated heterocycles. The van der Waals surface area contributed by atoms with E-state index in [0.717, 1.165) is 5.56 Å². The summed E-state index contributed by atoms with van der Waals surface area (Å²) in [5.74, 6) is 0.0686. The number of carbonyl (C=O) groups is 1. The average Bonchev–Trinajstić information content (AvgIpc) is 2.54. The van der Waals surface area contributed by atoms with Crippen LogP contribution in [0.2, 0.25) is 0 Å². The van der Waals surface area contributed by atoms with Crippen molar-refractivity contribution in [2.75, 3.05) is 19.3 Å². The molecule has 142 valence electrons. The summed E-state index contributed by atoms with van der Waals surface area (Å²) < 4.78 is 23.3. The van der Waals surface area contributed by atoms with Gasteiger partial charge in [0.15, 0.2) is 14.6 Å². The number of benzene rings is 1. The monoisotopic (exact) mass is 388 g/mol. The van der Waals surface area contributed by atoms with Gasteiger partial charge in [-0.1, -0.05) is 38.1 Å². The van der Waals surface area contributed by atoms with Gasteiger partial charge in [-0.25, -0.2) is 8.42 Å². The van der Waals surface area contributed by atoms with Gasteiger partial charge in [0.1, 0.15) is 0 Å². The Morgan fingerprint density at radius 3 is 2.00 bits per heavy atom. The van der Waals surface area contributed by atoms with Crippen molar-refractivity contribution in [2.24, 2.45) is 0 Å². The molecule has 1 unspecified atom stereocenters. The van der Waals surface area contributed by atoms with Gasteiger partial charge >= 0.3 is 0 Å². The maximum absolute atomic E-state index is 12.8. The number of sulfone groups is 1. The summed E-state index contributed by atoms with van der Waals surface area (Å²) in [6.45, 7) is 7.23. The van der Waals surface area contributed by atoms with Crippen LogP contribution in [0.1, 0.15) is 56.7 Å². The predicted molar refractivity (Wildman–Crippen MR) is 104 cm³/mol. The number of rotatable bonds is 5.